The van der Waals surface area contributed by atoms with Gasteiger partial charge in [-0.2, -0.15) is 5.10 Å². The summed E-state index contributed by atoms with van der Waals surface area (Å²) in [5.41, 5.74) is 4.45. The van der Waals surface area contributed by atoms with Crippen LogP contribution >= 0.6 is 0 Å². The Balaban J connectivity index is 1.34. The van der Waals surface area contributed by atoms with Gasteiger partial charge in [-0.3, -0.25) is 9.48 Å². The molecule has 2 aromatic carbocycles. The zero-order chi connectivity index (χ0) is 25.5. The highest BCUT2D eigenvalue weighted by Crippen LogP contribution is 2.33. The topological polar surface area (TPSA) is 88.7 Å². The number of nitrogens with zero attached hydrogens (tertiary/aromatic N) is 5. The van der Waals surface area contributed by atoms with Crippen molar-refractivity contribution in [2.24, 2.45) is 7.05 Å². The van der Waals surface area contributed by atoms with E-state index in [0.29, 0.717) is 40.0 Å². The fraction of sp³-hybridized carbons (Fsp3) is 0.250. The molecule has 37 heavy (non-hydrogen) atoms. The number of anilines is 2. The van der Waals surface area contributed by atoms with Crippen molar-refractivity contribution in [3.05, 3.63) is 78.4 Å². The van der Waals surface area contributed by atoms with Gasteiger partial charge in [0.25, 0.3) is 5.91 Å². The van der Waals surface area contributed by atoms with Crippen molar-refractivity contribution in [1.29, 1.82) is 0 Å². The molecule has 4 heterocycles. The maximum Gasteiger partial charge on any atom is 0.257 e. The molecule has 188 valence electrons. The Morgan fingerprint density at radius 1 is 1.11 bits per heavy atom. The molecule has 3 aromatic heterocycles. The first-order valence-electron chi connectivity index (χ1n) is 12.4. The average molecular weight is 496 g/mol. The molecule has 0 radical (unpaired) electrons. The van der Waals surface area contributed by atoms with E-state index in [0.717, 1.165) is 36.3 Å². The second-order valence-electron chi connectivity index (χ2n) is 9.49. The zero-order valence-corrected chi connectivity index (χ0v) is 21.1. The van der Waals surface area contributed by atoms with Gasteiger partial charge in [0.1, 0.15) is 11.3 Å². The molecular weight excluding hydrogens is 466 g/mol. The predicted molar refractivity (Wildman–Crippen MR) is 145 cm³/mol. The van der Waals surface area contributed by atoms with Gasteiger partial charge in [-0.25, -0.2) is 4.98 Å². The first-order valence-corrected chi connectivity index (χ1v) is 12.4. The number of hydrogen-bond donors (Lipinski definition) is 2. The second kappa shape index (κ2) is 9.25. The highest BCUT2D eigenvalue weighted by atomic mass is 16.5. The Kier molecular flexibility index (Phi) is 5.77. The van der Waals surface area contributed by atoms with Crippen LogP contribution in [0.3, 0.4) is 0 Å². The standard InChI is InChI=1S/C28H29N7O2/c1-18-14-35-16-20(13-25(27(35)30-18)37-21-7-5-4-6-8-21)31-28(36)22-9-10-24(23-17-33(3)32-26(22)23)34-12-11-19(15-34)29-2/h4-10,13-14,16-17,19,29H,11-12,15H2,1-3H3,(H,31,36)/t19-/m0/s1. The van der Waals surface area contributed by atoms with Crippen LogP contribution in [0.2, 0.25) is 0 Å². The van der Waals surface area contributed by atoms with E-state index in [4.69, 9.17) is 4.74 Å². The molecule has 0 bridgehead atoms. The number of carbonyl (C=O) groups is 1. The molecular formula is C28H29N7O2. The van der Waals surface area contributed by atoms with E-state index >= 15 is 0 Å². The third-order valence-electron chi connectivity index (χ3n) is 6.82. The number of imidazole rings is 1. The number of carbonyl (C=O) groups excluding carboxylic acids is 1. The molecule has 0 spiro atoms. The number of ether oxygens (including phenoxy) is 1. The third kappa shape index (κ3) is 4.38. The average Bonchev–Trinajstić information content (AvgIpc) is 3.61. The number of para-hydroxylation sites is 1. The van der Waals surface area contributed by atoms with E-state index in [1.54, 1.807) is 10.7 Å². The maximum atomic E-state index is 13.5. The first kappa shape index (κ1) is 23.1. The molecule has 6 rings (SSSR count). The number of nitrogens with one attached hydrogen (secondary N) is 2. The van der Waals surface area contributed by atoms with Gasteiger partial charge < -0.3 is 24.7 Å². The number of hydrogen-bond acceptors (Lipinski definition) is 6. The quantitative estimate of drug-likeness (QED) is 0.364. The van der Waals surface area contributed by atoms with Crippen LogP contribution < -0.4 is 20.3 Å². The number of benzene rings is 2. The van der Waals surface area contributed by atoms with Crippen LogP contribution in [0.25, 0.3) is 16.6 Å². The summed E-state index contributed by atoms with van der Waals surface area (Å²) in [7, 11) is 3.88. The number of pyridine rings is 1. The van der Waals surface area contributed by atoms with Gasteiger partial charge in [-0.1, -0.05) is 18.2 Å². The third-order valence-corrected chi connectivity index (χ3v) is 6.82. The van der Waals surface area contributed by atoms with Gasteiger partial charge in [-0.05, 0) is 44.7 Å². The van der Waals surface area contributed by atoms with Crippen LogP contribution in [0.15, 0.2) is 67.1 Å². The largest absolute Gasteiger partial charge is 0.453 e. The molecule has 1 aliphatic heterocycles. The Morgan fingerprint density at radius 3 is 2.73 bits per heavy atom. The van der Waals surface area contributed by atoms with Crippen LogP contribution in [0.1, 0.15) is 22.5 Å². The van der Waals surface area contributed by atoms with Crippen molar-refractivity contribution in [2.45, 2.75) is 19.4 Å². The minimum Gasteiger partial charge on any atom is -0.453 e. The van der Waals surface area contributed by atoms with Crippen molar-refractivity contribution in [3.63, 3.8) is 0 Å². The predicted octanol–water partition coefficient (Wildman–Crippen LogP) is 4.37. The zero-order valence-electron chi connectivity index (χ0n) is 21.1. The molecule has 1 fully saturated rings. The smallest absolute Gasteiger partial charge is 0.257 e. The number of fused-ring (bicyclic) bond motifs is 2. The van der Waals surface area contributed by atoms with E-state index in [2.05, 4.69) is 25.6 Å². The van der Waals surface area contributed by atoms with Gasteiger partial charge >= 0.3 is 0 Å². The van der Waals surface area contributed by atoms with E-state index in [1.165, 1.54) is 0 Å². The molecule has 0 saturated carbocycles. The SMILES string of the molecule is CN[C@H]1CCN(c2ccc(C(=O)Nc3cc(Oc4ccccc4)c4nc(C)cn4c3)c3nn(C)cc23)C1. The molecule has 0 unspecified atom stereocenters. The Hall–Kier alpha value is -4.37. The summed E-state index contributed by atoms with van der Waals surface area (Å²) in [6.07, 6.45) is 6.82. The van der Waals surface area contributed by atoms with E-state index in [1.807, 2.05) is 86.5 Å². The van der Waals surface area contributed by atoms with E-state index in [-0.39, 0.29) is 5.91 Å². The first-order chi connectivity index (χ1) is 18.0. The Bertz CT molecular complexity index is 1610. The van der Waals surface area contributed by atoms with Crippen molar-refractivity contribution in [2.75, 3.05) is 30.4 Å². The molecule has 1 saturated heterocycles. The lowest BCUT2D eigenvalue weighted by molar-refractivity contribution is 0.102. The molecule has 2 N–H and O–H groups in total. The lowest BCUT2D eigenvalue weighted by atomic mass is 10.1. The van der Waals surface area contributed by atoms with Crippen LogP contribution in [0.5, 0.6) is 11.5 Å². The van der Waals surface area contributed by atoms with Gasteiger partial charge in [0.2, 0.25) is 0 Å². The highest BCUT2D eigenvalue weighted by Gasteiger charge is 2.25. The minimum atomic E-state index is -0.230. The second-order valence-corrected chi connectivity index (χ2v) is 9.49. The fourth-order valence-electron chi connectivity index (χ4n) is 5.03. The molecule has 9 nitrogen and oxygen atoms in total. The number of aryl methyl sites for hydroxylation is 2. The van der Waals surface area contributed by atoms with Crippen molar-refractivity contribution in [1.82, 2.24) is 24.5 Å². The molecule has 0 aliphatic carbocycles. The van der Waals surface area contributed by atoms with Gasteiger partial charge in [0.15, 0.2) is 11.4 Å². The molecule has 1 atom stereocenters. The van der Waals surface area contributed by atoms with E-state index in [9.17, 15) is 4.79 Å². The molecule has 5 aromatic rings. The number of aromatic nitrogens is 4. The Morgan fingerprint density at radius 2 is 1.95 bits per heavy atom. The lowest BCUT2D eigenvalue weighted by Crippen LogP contribution is -2.29. The minimum absolute atomic E-state index is 0.230. The van der Waals surface area contributed by atoms with Gasteiger partial charge in [0.05, 0.1) is 16.9 Å². The monoisotopic (exact) mass is 495 g/mol. The van der Waals surface area contributed by atoms with Gasteiger partial charge in [-0.15, -0.1) is 0 Å². The highest BCUT2D eigenvalue weighted by molar-refractivity contribution is 6.14. The van der Waals surface area contributed by atoms with Crippen LogP contribution in [0, 0.1) is 6.92 Å². The molecule has 1 amide bonds. The van der Waals surface area contributed by atoms with Crippen molar-refractivity contribution >= 4 is 33.8 Å². The summed E-state index contributed by atoms with van der Waals surface area (Å²) in [5, 5.41) is 12.0. The Labute approximate surface area is 214 Å². The van der Waals surface area contributed by atoms with E-state index < -0.39 is 0 Å². The van der Waals surface area contributed by atoms with Crippen LogP contribution in [-0.2, 0) is 7.05 Å². The number of likely N-dealkylation sites (N-methyl/N-ethyl adjacent to an activating group) is 1. The lowest BCUT2D eigenvalue weighted by Gasteiger charge is -2.20. The molecule has 9 heteroatoms. The van der Waals surface area contributed by atoms with Gasteiger partial charge in [0, 0.05) is 61.9 Å². The van der Waals surface area contributed by atoms with Crippen molar-refractivity contribution in [3.8, 4) is 11.5 Å². The number of rotatable bonds is 6. The number of amides is 1. The normalized spacial score (nSPS) is 15.5. The van der Waals surface area contributed by atoms with Crippen LogP contribution in [-0.4, -0.2) is 51.3 Å². The van der Waals surface area contributed by atoms with Crippen LogP contribution in [0.4, 0.5) is 11.4 Å². The molecule has 1 aliphatic rings. The summed E-state index contributed by atoms with van der Waals surface area (Å²) >= 11 is 0. The maximum absolute atomic E-state index is 13.5. The van der Waals surface area contributed by atoms with Crippen molar-refractivity contribution < 1.29 is 9.53 Å². The summed E-state index contributed by atoms with van der Waals surface area (Å²) in [6, 6.07) is 15.7. The summed E-state index contributed by atoms with van der Waals surface area (Å²) in [5.74, 6) is 1.02. The fourth-order valence-corrected chi connectivity index (χ4v) is 5.03. The summed E-state index contributed by atoms with van der Waals surface area (Å²) in [4.78, 5) is 20.5. The summed E-state index contributed by atoms with van der Waals surface area (Å²) < 4.78 is 9.77. The summed E-state index contributed by atoms with van der Waals surface area (Å²) in [6.45, 7) is 3.83.